The number of carbonyl (C=O) groups excluding carboxylic acids is 1. The zero-order chi connectivity index (χ0) is 27.1. The molecule has 0 aromatic heterocycles. The Morgan fingerprint density at radius 1 is 0.974 bits per heavy atom. The minimum atomic E-state index is -0.877. The lowest BCUT2D eigenvalue weighted by Crippen LogP contribution is -2.23. The number of benzene rings is 3. The Morgan fingerprint density at radius 2 is 1.61 bits per heavy atom. The average Bonchev–Trinajstić information content (AvgIpc) is 3.14. The van der Waals surface area contributed by atoms with Gasteiger partial charge < -0.3 is 9.84 Å². The lowest BCUT2D eigenvalue weighted by Gasteiger charge is -2.08. The van der Waals surface area contributed by atoms with Crippen molar-refractivity contribution in [2.75, 3.05) is 13.7 Å². The summed E-state index contributed by atoms with van der Waals surface area (Å²) in [5.74, 6) is 0.453. The zero-order valence-electron chi connectivity index (χ0n) is 21.9. The van der Waals surface area contributed by atoms with Crippen molar-refractivity contribution >= 4 is 40.6 Å². The third-order valence-corrected chi connectivity index (χ3v) is 7.08. The van der Waals surface area contributed by atoms with Gasteiger partial charge in [-0.25, -0.2) is 4.99 Å². The first kappa shape index (κ1) is 27.2. The molecule has 1 heterocycles. The van der Waals surface area contributed by atoms with Gasteiger partial charge in [-0.1, -0.05) is 62.4 Å². The Morgan fingerprint density at radius 3 is 2.24 bits per heavy atom. The lowest BCUT2D eigenvalue weighted by molar-refractivity contribution is -0.136. The molecule has 3 aromatic rings. The number of carbonyl (C=O) groups is 2. The normalized spacial score (nSPS) is 15.6. The summed E-state index contributed by atoms with van der Waals surface area (Å²) >= 11 is 1.31. The number of carboxylic acid groups (broad SMARTS) is 1. The fourth-order valence-corrected chi connectivity index (χ4v) is 5.02. The van der Waals surface area contributed by atoms with Crippen LogP contribution in [0.4, 0.5) is 5.69 Å². The third-order valence-electron chi connectivity index (χ3n) is 6.02. The fraction of sp³-hybridized carbons (Fsp3) is 0.258. The number of carboxylic acids is 1. The maximum atomic E-state index is 12.8. The molecule has 1 amide bonds. The highest BCUT2D eigenvalue weighted by molar-refractivity contribution is 8.18. The van der Waals surface area contributed by atoms with Crippen LogP contribution in [0, 0.1) is 5.92 Å². The highest BCUT2D eigenvalue weighted by atomic mass is 32.2. The van der Waals surface area contributed by atoms with Gasteiger partial charge in [0.25, 0.3) is 5.91 Å². The minimum absolute atomic E-state index is 0.0347. The van der Waals surface area contributed by atoms with Crippen LogP contribution in [0.2, 0.25) is 0 Å². The van der Waals surface area contributed by atoms with Gasteiger partial charge in [-0.15, -0.1) is 0 Å². The first-order valence-corrected chi connectivity index (χ1v) is 13.5. The van der Waals surface area contributed by atoms with E-state index in [1.165, 1.54) is 27.8 Å². The zero-order valence-corrected chi connectivity index (χ0v) is 22.7. The lowest BCUT2D eigenvalue weighted by atomic mass is 10.0. The molecule has 7 heteroatoms. The highest BCUT2D eigenvalue weighted by Gasteiger charge is 2.30. The van der Waals surface area contributed by atoms with Crippen LogP contribution in [0.1, 0.15) is 36.1 Å². The van der Waals surface area contributed by atoms with E-state index in [1.54, 1.807) is 31.3 Å². The van der Waals surface area contributed by atoms with Gasteiger partial charge in [-0.2, -0.15) is 0 Å². The van der Waals surface area contributed by atoms with Crippen molar-refractivity contribution in [3.63, 3.8) is 0 Å². The molecule has 0 atom stereocenters. The Hall–Kier alpha value is -3.84. The number of thioether (sulfide) groups is 1. The molecule has 0 radical (unpaired) electrons. The van der Waals surface area contributed by atoms with Gasteiger partial charge in [0.15, 0.2) is 5.17 Å². The molecule has 1 saturated heterocycles. The summed E-state index contributed by atoms with van der Waals surface area (Å²) in [7, 11) is 1.70. The number of likely N-dealkylation sites (N-methyl/N-ethyl adjacent to an activating group) is 1. The van der Waals surface area contributed by atoms with Crippen LogP contribution >= 0.6 is 11.8 Å². The number of aliphatic carboxylic acids is 1. The van der Waals surface area contributed by atoms with Gasteiger partial charge in [0, 0.05) is 13.5 Å². The van der Waals surface area contributed by atoms with Crippen molar-refractivity contribution in [3.8, 4) is 5.75 Å². The number of hydrogen-bond acceptors (Lipinski definition) is 5. The molecule has 1 N–H and O–H groups in total. The standard InChI is InChI=1S/C31H32N2O4S/c1-21(2)18-23-6-4-22(5-7-23)16-17-37-27-14-10-24(11-15-27)19-28-30(36)33(3)31(38-28)32-26-12-8-25(9-13-26)20-29(34)35/h4-15,19,21H,16-18,20H2,1-3H3,(H,34,35). The molecule has 0 unspecified atom stereocenters. The van der Waals surface area contributed by atoms with Gasteiger partial charge in [0.1, 0.15) is 5.75 Å². The van der Waals surface area contributed by atoms with Crippen LogP contribution in [-0.2, 0) is 28.9 Å². The van der Waals surface area contributed by atoms with Crippen molar-refractivity contribution in [1.29, 1.82) is 0 Å². The van der Waals surface area contributed by atoms with Crippen LogP contribution in [0.5, 0.6) is 5.75 Å². The van der Waals surface area contributed by atoms with Gasteiger partial charge in [-0.3, -0.25) is 14.5 Å². The molecule has 0 spiro atoms. The van der Waals surface area contributed by atoms with Gasteiger partial charge in [0.05, 0.1) is 23.6 Å². The summed E-state index contributed by atoms with van der Waals surface area (Å²) in [4.78, 5) is 30.3. The molecule has 1 aliphatic rings. The Labute approximate surface area is 228 Å². The molecule has 0 bridgehead atoms. The molecule has 1 fully saturated rings. The van der Waals surface area contributed by atoms with Crippen LogP contribution in [0.25, 0.3) is 6.08 Å². The van der Waals surface area contributed by atoms with E-state index in [0.717, 1.165) is 24.2 Å². The van der Waals surface area contributed by atoms with Crippen molar-refractivity contribution < 1.29 is 19.4 Å². The smallest absolute Gasteiger partial charge is 0.307 e. The van der Waals surface area contributed by atoms with Crippen LogP contribution in [0.3, 0.4) is 0 Å². The Balaban J connectivity index is 1.33. The second-order valence-electron chi connectivity index (χ2n) is 9.69. The summed E-state index contributed by atoms with van der Waals surface area (Å²) in [5, 5.41) is 9.49. The second kappa shape index (κ2) is 12.6. The molecule has 0 saturated carbocycles. The molecule has 4 rings (SSSR count). The number of ether oxygens (including phenoxy) is 1. The third kappa shape index (κ3) is 7.59. The molecular weight excluding hydrogens is 496 g/mol. The van der Waals surface area contributed by atoms with E-state index in [9.17, 15) is 9.59 Å². The van der Waals surface area contributed by atoms with Crippen LogP contribution in [0.15, 0.2) is 82.7 Å². The SMILES string of the molecule is CC(C)Cc1ccc(CCOc2ccc(C=C3SC(=Nc4ccc(CC(=O)O)cc4)N(C)C3=O)cc2)cc1. The number of hydrogen-bond donors (Lipinski definition) is 1. The number of amidine groups is 1. The number of nitrogens with zero attached hydrogens (tertiary/aromatic N) is 2. The van der Waals surface area contributed by atoms with E-state index in [2.05, 4.69) is 43.1 Å². The molecule has 196 valence electrons. The maximum Gasteiger partial charge on any atom is 0.307 e. The molecule has 6 nitrogen and oxygen atoms in total. The fourth-order valence-electron chi connectivity index (χ4n) is 4.04. The highest BCUT2D eigenvalue weighted by Crippen LogP contribution is 2.33. The van der Waals surface area contributed by atoms with Crippen molar-refractivity contribution in [2.45, 2.75) is 33.1 Å². The largest absolute Gasteiger partial charge is 0.493 e. The topological polar surface area (TPSA) is 79.2 Å². The molecular formula is C31H32N2O4S. The summed E-state index contributed by atoms with van der Waals surface area (Å²) in [6.07, 6.45) is 3.75. The van der Waals surface area contributed by atoms with Gasteiger partial charge >= 0.3 is 5.97 Å². The molecule has 3 aromatic carbocycles. The maximum absolute atomic E-state index is 12.8. The Bertz CT molecular complexity index is 1330. The number of rotatable bonds is 10. The van der Waals surface area contributed by atoms with Crippen molar-refractivity contribution in [2.24, 2.45) is 10.9 Å². The Kier molecular flexibility index (Phi) is 9.02. The quantitative estimate of drug-likeness (QED) is 0.310. The first-order chi connectivity index (χ1) is 18.3. The van der Waals surface area contributed by atoms with Gasteiger partial charge in [-0.05, 0) is 76.7 Å². The molecule has 0 aliphatic carbocycles. The summed E-state index contributed by atoms with van der Waals surface area (Å²) in [5.41, 5.74) is 4.89. The minimum Gasteiger partial charge on any atom is -0.493 e. The predicted octanol–water partition coefficient (Wildman–Crippen LogP) is 6.37. The summed E-state index contributed by atoms with van der Waals surface area (Å²) in [6, 6.07) is 23.4. The monoisotopic (exact) mass is 528 g/mol. The first-order valence-electron chi connectivity index (χ1n) is 12.6. The van der Waals surface area contributed by atoms with E-state index in [1.807, 2.05) is 30.3 Å². The van der Waals surface area contributed by atoms with Gasteiger partial charge in [0.2, 0.25) is 0 Å². The van der Waals surface area contributed by atoms with E-state index in [4.69, 9.17) is 9.84 Å². The van der Waals surface area contributed by atoms with Crippen molar-refractivity contribution in [1.82, 2.24) is 4.90 Å². The summed E-state index contributed by atoms with van der Waals surface area (Å²) < 4.78 is 5.93. The number of aliphatic imine (C=N–C) groups is 1. The molecule has 38 heavy (non-hydrogen) atoms. The predicted molar refractivity (Wildman–Crippen MR) is 154 cm³/mol. The van der Waals surface area contributed by atoms with Crippen LogP contribution in [-0.4, -0.2) is 40.7 Å². The van der Waals surface area contributed by atoms with E-state index in [-0.39, 0.29) is 12.3 Å². The second-order valence-corrected chi connectivity index (χ2v) is 10.7. The van der Waals surface area contributed by atoms with E-state index < -0.39 is 5.97 Å². The van der Waals surface area contributed by atoms with E-state index >= 15 is 0 Å². The van der Waals surface area contributed by atoms with Crippen molar-refractivity contribution in [3.05, 3.63) is 100.0 Å². The number of amides is 1. The van der Waals surface area contributed by atoms with E-state index in [0.29, 0.717) is 33.8 Å². The summed E-state index contributed by atoms with van der Waals surface area (Å²) in [6.45, 7) is 5.05. The molecule has 1 aliphatic heterocycles. The average molecular weight is 529 g/mol. The van der Waals surface area contributed by atoms with Crippen LogP contribution < -0.4 is 4.74 Å².